The van der Waals surface area contributed by atoms with E-state index in [2.05, 4.69) is 0 Å². The average Bonchev–Trinajstić information content (AvgIpc) is 2.01. The molecule has 0 amide bonds. The van der Waals surface area contributed by atoms with Crippen LogP contribution in [0.5, 0.6) is 0 Å². The van der Waals surface area contributed by atoms with Gasteiger partial charge in [0.1, 0.15) is 5.69 Å². The molecular weight excluding hydrogens is 188 g/mol. The van der Waals surface area contributed by atoms with Gasteiger partial charge in [-0.25, -0.2) is 0 Å². The van der Waals surface area contributed by atoms with Crippen molar-refractivity contribution in [2.45, 2.75) is 6.42 Å². The summed E-state index contributed by atoms with van der Waals surface area (Å²) in [7, 11) is 0. The lowest BCUT2D eigenvalue weighted by Gasteiger charge is -1.99. The molecule has 1 aromatic carbocycles. The molecule has 0 aliphatic rings. The monoisotopic (exact) mass is 196 g/mol. The van der Waals surface area contributed by atoms with E-state index in [-0.39, 0.29) is 17.8 Å². The number of nitrogens with two attached hydrogens (primary N) is 1. The second-order valence-electron chi connectivity index (χ2n) is 2.72. The molecule has 0 saturated carbocycles. The van der Waals surface area contributed by atoms with Crippen molar-refractivity contribution in [3.8, 4) is 0 Å². The van der Waals surface area contributed by atoms with E-state index in [0.717, 1.165) is 0 Å². The fourth-order valence-corrected chi connectivity index (χ4v) is 1.05. The van der Waals surface area contributed by atoms with E-state index in [9.17, 15) is 14.9 Å². The maximum absolute atomic E-state index is 10.4. The van der Waals surface area contributed by atoms with Gasteiger partial charge in [-0.15, -0.1) is 0 Å². The van der Waals surface area contributed by atoms with Crippen LogP contribution in [0.1, 0.15) is 5.56 Å². The van der Waals surface area contributed by atoms with E-state index < -0.39 is 10.9 Å². The molecule has 0 aromatic heterocycles. The van der Waals surface area contributed by atoms with Crippen molar-refractivity contribution in [2.75, 3.05) is 5.73 Å². The molecule has 14 heavy (non-hydrogen) atoms. The predicted octanol–water partition coefficient (Wildman–Crippen LogP) is 0.804. The van der Waals surface area contributed by atoms with Gasteiger partial charge in [-0.05, 0) is 11.6 Å². The van der Waals surface area contributed by atoms with E-state index in [1.54, 1.807) is 0 Å². The van der Waals surface area contributed by atoms with Crippen LogP contribution in [-0.4, -0.2) is 16.0 Å². The van der Waals surface area contributed by atoms with Crippen molar-refractivity contribution in [1.29, 1.82) is 0 Å². The highest BCUT2D eigenvalue weighted by Gasteiger charge is 2.11. The molecule has 6 nitrogen and oxygen atoms in total. The normalized spacial score (nSPS) is 9.71. The third-order valence-corrected chi connectivity index (χ3v) is 1.64. The molecule has 74 valence electrons. The Bertz CT molecular complexity index is 389. The second kappa shape index (κ2) is 3.73. The summed E-state index contributed by atoms with van der Waals surface area (Å²) in [6, 6.07) is 3.88. The highest BCUT2D eigenvalue weighted by atomic mass is 16.6. The average molecular weight is 196 g/mol. The van der Waals surface area contributed by atoms with Gasteiger partial charge in [-0.2, -0.15) is 0 Å². The lowest BCUT2D eigenvalue weighted by molar-refractivity contribution is -0.383. The Balaban J connectivity index is 3.00. The zero-order valence-electron chi connectivity index (χ0n) is 7.14. The number of carboxylic acid groups (broad SMARTS) is 1. The Morgan fingerprint density at radius 2 is 2.21 bits per heavy atom. The molecule has 6 heteroatoms. The van der Waals surface area contributed by atoms with E-state index in [0.29, 0.717) is 5.56 Å². The van der Waals surface area contributed by atoms with Crippen LogP contribution in [0.25, 0.3) is 0 Å². The van der Waals surface area contributed by atoms with Crippen LogP contribution < -0.4 is 5.73 Å². The lowest BCUT2D eigenvalue weighted by Crippen LogP contribution is -2.02. The first-order valence-corrected chi connectivity index (χ1v) is 3.75. The number of nitrogens with zero attached hydrogens (tertiary/aromatic N) is 1. The molecule has 0 unspecified atom stereocenters. The van der Waals surface area contributed by atoms with Crippen molar-refractivity contribution in [2.24, 2.45) is 0 Å². The quantitative estimate of drug-likeness (QED) is 0.422. The number of anilines is 1. The Kier molecular flexibility index (Phi) is 2.66. The molecule has 0 aliphatic carbocycles. The largest absolute Gasteiger partial charge is 0.481 e. The van der Waals surface area contributed by atoms with E-state index >= 15 is 0 Å². The SMILES string of the molecule is Nc1cc(CC(=O)O)ccc1[N+](=O)[O-]. The molecule has 0 saturated heterocycles. The summed E-state index contributed by atoms with van der Waals surface area (Å²) < 4.78 is 0. The number of carbonyl (C=O) groups is 1. The van der Waals surface area contributed by atoms with Crippen LogP contribution in [0.4, 0.5) is 11.4 Å². The summed E-state index contributed by atoms with van der Waals surface area (Å²) in [5.41, 5.74) is 5.58. The number of nitro groups is 1. The van der Waals surface area contributed by atoms with Crippen LogP contribution in [-0.2, 0) is 11.2 Å². The maximum atomic E-state index is 10.4. The number of benzene rings is 1. The third-order valence-electron chi connectivity index (χ3n) is 1.64. The number of nitrogen functional groups attached to an aromatic ring is 1. The number of hydrogen-bond donors (Lipinski definition) is 2. The first-order chi connectivity index (χ1) is 6.50. The van der Waals surface area contributed by atoms with Crippen molar-refractivity contribution in [3.63, 3.8) is 0 Å². The topological polar surface area (TPSA) is 106 Å². The maximum Gasteiger partial charge on any atom is 0.307 e. The summed E-state index contributed by atoms with van der Waals surface area (Å²) in [4.78, 5) is 20.1. The summed E-state index contributed by atoms with van der Waals surface area (Å²) in [5.74, 6) is -1.00. The van der Waals surface area contributed by atoms with Crippen molar-refractivity contribution in [1.82, 2.24) is 0 Å². The van der Waals surface area contributed by atoms with Gasteiger partial charge in [0.15, 0.2) is 0 Å². The van der Waals surface area contributed by atoms with Gasteiger partial charge >= 0.3 is 5.97 Å². The lowest BCUT2D eigenvalue weighted by atomic mass is 10.1. The van der Waals surface area contributed by atoms with Crippen molar-refractivity contribution in [3.05, 3.63) is 33.9 Å². The second-order valence-corrected chi connectivity index (χ2v) is 2.72. The molecule has 1 rings (SSSR count). The number of rotatable bonds is 3. The van der Waals surface area contributed by atoms with E-state index in [4.69, 9.17) is 10.8 Å². The molecule has 0 fully saturated rings. The zero-order valence-corrected chi connectivity index (χ0v) is 7.14. The zero-order chi connectivity index (χ0) is 10.7. The smallest absolute Gasteiger partial charge is 0.307 e. The Hall–Kier alpha value is -2.11. The molecule has 0 heterocycles. The van der Waals surface area contributed by atoms with Crippen molar-refractivity contribution < 1.29 is 14.8 Å². The van der Waals surface area contributed by atoms with Crippen LogP contribution in [0.3, 0.4) is 0 Å². The number of aliphatic carboxylic acids is 1. The summed E-state index contributed by atoms with van der Waals surface area (Å²) in [6.07, 6.45) is -0.192. The Morgan fingerprint density at radius 3 is 2.64 bits per heavy atom. The van der Waals surface area contributed by atoms with Crippen LogP contribution >= 0.6 is 0 Å². The number of hydrogen-bond acceptors (Lipinski definition) is 4. The number of nitro benzene ring substituents is 1. The molecule has 1 aromatic rings. The highest BCUT2D eigenvalue weighted by Crippen LogP contribution is 2.22. The van der Waals surface area contributed by atoms with Crippen molar-refractivity contribution >= 4 is 17.3 Å². The Morgan fingerprint density at radius 1 is 1.57 bits per heavy atom. The minimum absolute atomic E-state index is 0.0197. The summed E-state index contributed by atoms with van der Waals surface area (Å²) in [6.45, 7) is 0. The minimum atomic E-state index is -1.00. The molecular formula is C8H8N2O4. The molecule has 0 spiro atoms. The van der Waals surface area contributed by atoms with Gasteiger partial charge in [-0.1, -0.05) is 6.07 Å². The molecule has 0 aliphatic heterocycles. The van der Waals surface area contributed by atoms with Gasteiger partial charge in [0, 0.05) is 6.07 Å². The predicted molar refractivity (Wildman–Crippen MR) is 48.8 cm³/mol. The molecule has 0 atom stereocenters. The number of carboxylic acids is 1. The van der Waals surface area contributed by atoms with E-state index in [1.165, 1.54) is 18.2 Å². The van der Waals surface area contributed by atoms with Gasteiger partial charge in [0.05, 0.1) is 11.3 Å². The molecule has 3 N–H and O–H groups in total. The van der Waals surface area contributed by atoms with Crippen LogP contribution in [0.15, 0.2) is 18.2 Å². The standard InChI is InChI=1S/C8H8N2O4/c9-6-3-5(4-8(11)12)1-2-7(6)10(13)14/h1-3H,4,9H2,(H,11,12). The van der Waals surface area contributed by atoms with Gasteiger partial charge in [0.2, 0.25) is 0 Å². The van der Waals surface area contributed by atoms with Gasteiger partial charge < -0.3 is 10.8 Å². The first-order valence-electron chi connectivity index (χ1n) is 3.75. The molecule has 0 bridgehead atoms. The van der Waals surface area contributed by atoms with Gasteiger partial charge in [0.25, 0.3) is 5.69 Å². The van der Waals surface area contributed by atoms with E-state index in [1.807, 2.05) is 0 Å². The summed E-state index contributed by atoms with van der Waals surface area (Å²) in [5, 5.41) is 18.8. The van der Waals surface area contributed by atoms with Crippen LogP contribution in [0.2, 0.25) is 0 Å². The fraction of sp³-hybridized carbons (Fsp3) is 0.125. The van der Waals surface area contributed by atoms with Gasteiger partial charge in [-0.3, -0.25) is 14.9 Å². The highest BCUT2D eigenvalue weighted by molar-refractivity contribution is 5.71. The fourth-order valence-electron chi connectivity index (χ4n) is 1.05. The third kappa shape index (κ3) is 2.19. The Labute approximate surface area is 79.1 Å². The summed E-state index contributed by atoms with van der Waals surface area (Å²) >= 11 is 0. The molecule has 0 radical (unpaired) electrons. The first kappa shape index (κ1) is 9.97. The van der Waals surface area contributed by atoms with Crippen LogP contribution in [0, 0.1) is 10.1 Å². The minimum Gasteiger partial charge on any atom is -0.481 e.